The SMILES string of the molecule is C1CCCCCC1.C1CCCNCCC1.C1CCNC1.C1CCNCC1.C1CN(CCN2CCOCC2)CCN1.C1CNC1.C1COCCN1.C1CSCCN1.C1CSCN1.CC1CCCCN1.CC1CCNCC1.CC1CNCC(C)C1.CN1CCCNCC1.CN1CCNCC1.COc1ccc(N2CCNCC2)c(OC)c1. The van der Waals surface area contributed by atoms with Crippen molar-refractivity contribution in [2.24, 2.45) is 17.8 Å². The zero-order valence-corrected chi connectivity index (χ0v) is 77.1. The van der Waals surface area contributed by atoms with Crippen molar-refractivity contribution in [3.8, 4) is 11.5 Å². The fourth-order valence-corrected chi connectivity index (χ4v) is 16.1. The van der Waals surface area contributed by atoms with E-state index in [0.717, 1.165) is 152 Å². The van der Waals surface area contributed by atoms with Gasteiger partial charge in [0.05, 0.1) is 46.3 Å². The van der Waals surface area contributed by atoms with Gasteiger partial charge in [0.25, 0.3) is 0 Å². The van der Waals surface area contributed by atoms with Gasteiger partial charge in [-0.25, -0.2) is 0 Å². The van der Waals surface area contributed by atoms with Crippen molar-refractivity contribution in [2.75, 3.05) is 331 Å². The lowest BCUT2D eigenvalue weighted by Gasteiger charge is -2.31. The minimum absolute atomic E-state index is 0.786. The molecule has 674 valence electrons. The number of morpholine rings is 2. The summed E-state index contributed by atoms with van der Waals surface area (Å²) in [6, 6.07) is 6.74. The summed E-state index contributed by atoms with van der Waals surface area (Å²) in [7, 11) is 7.69. The first-order valence-electron chi connectivity index (χ1n) is 47.2. The van der Waals surface area contributed by atoms with Gasteiger partial charge in [0, 0.05) is 186 Å². The minimum Gasteiger partial charge on any atom is -0.497 e. The molecule has 0 amide bonds. The van der Waals surface area contributed by atoms with Gasteiger partial charge in [-0.2, -0.15) is 11.8 Å². The number of piperidine rings is 4. The normalized spacial score (nSPS) is 25.1. The molecule has 14 N–H and O–H groups in total. The van der Waals surface area contributed by atoms with Crippen LogP contribution in [0, 0.1) is 17.8 Å². The van der Waals surface area contributed by atoms with Gasteiger partial charge in [0.1, 0.15) is 11.5 Å². The first-order chi connectivity index (χ1) is 56.2. The average Bonchev–Trinajstić information content (AvgIpc) is 0.954. The van der Waals surface area contributed by atoms with Crippen LogP contribution in [0.25, 0.3) is 0 Å². The number of likely N-dealkylation sites (N-methyl/N-ethyl adjacent to an activating group) is 2. The Kier molecular flexibility index (Phi) is 77.2. The Balaban J connectivity index is 0.000000321. The van der Waals surface area contributed by atoms with Gasteiger partial charge >= 0.3 is 0 Å². The number of methoxy groups -OCH3 is 2. The van der Waals surface area contributed by atoms with E-state index < -0.39 is 0 Å². The van der Waals surface area contributed by atoms with Crippen molar-refractivity contribution < 1.29 is 18.9 Å². The number of ether oxygens (including phenoxy) is 4. The van der Waals surface area contributed by atoms with Gasteiger partial charge in [0.15, 0.2) is 0 Å². The number of hydrogen-bond acceptors (Lipinski definition) is 25. The Morgan fingerprint density at radius 1 is 0.342 bits per heavy atom. The van der Waals surface area contributed by atoms with Gasteiger partial charge in [-0.15, -0.1) is 11.8 Å². The molecule has 17 rings (SSSR count). The molecular formula is C89H187N19O4S2. The molecule has 3 unspecified atom stereocenters. The molecule has 16 fully saturated rings. The summed E-state index contributed by atoms with van der Waals surface area (Å²) < 4.78 is 20.9. The van der Waals surface area contributed by atoms with Crippen LogP contribution in [0.2, 0.25) is 0 Å². The van der Waals surface area contributed by atoms with Crippen LogP contribution in [0.5, 0.6) is 11.5 Å². The molecule has 25 heteroatoms. The van der Waals surface area contributed by atoms with Crippen LogP contribution in [0.4, 0.5) is 5.69 Å². The standard InChI is InChI=1S/C12H18N2O2.C10H21N3O.2C7H15N.C7H14.C6H14N2.2C6H13N.C5H12N2.C5H11N.C4H9NO.C4H9NS.C4H9N.C3H7NS.C3H7N/c1-15-10-3-4-11(12(9-10)16-2)14-7-5-13-6-8-14;1-3-12(4-2-11-1)5-6-13-7-9-14-10-8-13;1-6-3-7(2)5-8-4-6;1-2-4-6-8-7-5-3-1;1-2-4-6-7-5-3-1;1-8-5-2-3-7-4-6-8;1-6-2-4-7-5-3-6;1-6-4-2-3-5-7-6;1-7-4-2-6-3-5-7;1-2-4-6-5-3-1;2*1-3-6-4-2-5-1;1-2-4-5-3-1;1-2-5-3-4-1;1-2-4-3-1/h3-4,9,13H,5-8H2,1-2H3;11H,1-10H2;6-8H,3-5H2,1-2H3;8H,1-7H2;1-7H2;7H,2-6H2,1H3;2*6-7H,2-5H2,1H3;6H,2-5H2,1H3;6H,1-5H2;2*5H,1-4H2;5H,1-4H2;4H,1-3H2;4H,1-3H2. The Morgan fingerprint density at radius 2 is 0.737 bits per heavy atom. The van der Waals surface area contributed by atoms with Crippen LogP contribution in [-0.2, 0) is 9.47 Å². The minimum atomic E-state index is 0.786. The second-order valence-corrected chi connectivity index (χ2v) is 35.6. The molecule has 0 spiro atoms. The molecule has 3 atom stereocenters. The summed E-state index contributed by atoms with van der Waals surface area (Å²) in [5.41, 5.74) is 1.14. The number of benzene rings is 1. The number of nitrogens with zero attached hydrogens (tertiary/aromatic N) is 5. The summed E-state index contributed by atoms with van der Waals surface area (Å²) in [6.07, 6.45) is 35.6. The van der Waals surface area contributed by atoms with Gasteiger partial charge in [-0.3, -0.25) is 9.80 Å². The number of anilines is 1. The molecule has 1 aliphatic carbocycles. The van der Waals surface area contributed by atoms with Crippen molar-refractivity contribution in [1.82, 2.24) is 94.0 Å². The van der Waals surface area contributed by atoms with E-state index in [9.17, 15) is 0 Å². The highest BCUT2D eigenvalue weighted by Crippen LogP contribution is 2.32. The molecule has 15 heterocycles. The van der Waals surface area contributed by atoms with Crippen molar-refractivity contribution in [2.45, 2.75) is 194 Å². The zero-order valence-electron chi connectivity index (χ0n) is 75.4. The van der Waals surface area contributed by atoms with E-state index in [-0.39, 0.29) is 0 Å². The van der Waals surface area contributed by atoms with Crippen LogP contribution in [0.1, 0.15) is 188 Å². The average molecular weight is 1650 g/mol. The fraction of sp³-hybridized carbons (Fsp3) is 0.933. The predicted octanol–water partition coefficient (Wildman–Crippen LogP) is 8.77. The Morgan fingerprint density at radius 3 is 1.09 bits per heavy atom. The van der Waals surface area contributed by atoms with Gasteiger partial charge < -0.3 is 108 Å². The number of piperazine rings is 3. The zero-order chi connectivity index (χ0) is 81.4. The third kappa shape index (κ3) is 69.1. The molecule has 16 aliphatic rings. The molecule has 0 radical (unpaired) electrons. The Hall–Kier alpha value is -1.48. The summed E-state index contributed by atoms with van der Waals surface area (Å²) in [5.74, 6) is 9.57. The maximum atomic E-state index is 5.40. The van der Waals surface area contributed by atoms with Gasteiger partial charge in [-0.1, -0.05) is 97.8 Å². The molecular weight excluding hydrogens is 1460 g/mol. The number of hydrogen-bond donors (Lipinski definition) is 14. The van der Waals surface area contributed by atoms with E-state index in [1.165, 1.54) is 347 Å². The molecule has 23 nitrogen and oxygen atoms in total. The van der Waals surface area contributed by atoms with Gasteiger partial charge in [-0.05, 0) is 233 Å². The first-order valence-corrected chi connectivity index (χ1v) is 49.5. The maximum absolute atomic E-state index is 5.40. The lowest BCUT2D eigenvalue weighted by atomic mass is 9.94. The Bertz CT molecular complexity index is 1870. The van der Waals surface area contributed by atoms with Crippen molar-refractivity contribution >= 4 is 29.2 Å². The first kappa shape index (κ1) is 107. The lowest BCUT2D eigenvalue weighted by molar-refractivity contribution is 0.0328. The summed E-state index contributed by atoms with van der Waals surface area (Å²) >= 11 is 4.00. The van der Waals surface area contributed by atoms with Crippen LogP contribution >= 0.6 is 23.5 Å². The molecule has 15 aliphatic heterocycles. The second-order valence-electron chi connectivity index (χ2n) is 33.3. The quantitative estimate of drug-likeness (QED) is 0.120. The third-order valence-corrected chi connectivity index (χ3v) is 24.3. The second kappa shape index (κ2) is 82.5. The monoisotopic (exact) mass is 1650 g/mol. The van der Waals surface area contributed by atoms with E-state index in [0.29, 0.717) is 0 Å². The summed E-state index contributed by atoms with van der Waals surface area (Å²) in [6.45, 7) is 57.7. The molecule has 1 aromatic rings. The third-order valence-electron chi connectivity index (χ3n) is 22.4. The molecule has 1 aromatic carbocycles. The topological polar surface area (TPSA) is 222 Å². The van der Waals surface area contributed by atoms with E-state index in [4.69, 9.17) is 18.9 Å². The van der Waals surface area contributed by atoms with Crippen molar-refractivity contribution in [1.29, 1.82) is 0 Å². The highest BCUT2D eigenvalue weighted by Gasteiger charge is 2.18. The van der Waals surface area contributed by atoms with Crippen LogP contribution in [0.15, 0.2) is 18.2 Å². The van der Waals surface area contributed by atoms with Crippen molar-refractivity contribution in [3.63, 3.8) is 0 Å². The van der Waals surface area contributed by atoms with Crippen LogP contribution in [0.3, 0.4) is 0 Å². The van der Waals surface area contributed by atoms with Crippen LogP contribution < -0.4 is 88.8 Å². The number of rotatable bonds is 6. The smallest absolute Gasteiger partial charge is 0.145 e. The molecule has 0 bridgehead atoms. The number of thioether (sulfide) groups is 2. The molecule has 0 aromatic heterocycles. The van der Waals surface area contributed by atoms with E-state index in [1.807, 2.05) is 35.7 Å². The lowest BCUT2D eigenvalue weighted by Crippen LogP contribution is -2.47. The molecule has 15 saturated heterocycles. The largest absolute Gasteiger partial charge is 0.497 e. The van der Waals surface area contributed by atoms with Crippen LogP contribution in [-0.4, -0.2) is 352 Å². The van der Waals surface area contributed by atoms with Crippen molar-refractivity contribution in [3.05, 3.63) is 18.2 Å². The van der Waals surface area contributed by atoms with E-state index >= 15 is 0 Å². The van der Waals surface area contributed by atoms with E-state index in [2.05, 4.69) is 147 Å². The van der Waals surface area contributed by atoms with E-state index in [1.54, 1.807) is 14.2 Å². The highest BCUT2D eigenvalue weighted by molar-refractivity contribution is 7.99. The molecule has 1 saturated carbocycles. The summed E-state index contributed by atoms with van der Waals surface area (Å²) in [5, 5.41) is 46.0. The predicted molar refractivity (Wildman–Crippen MR) is 499 cm³/mol. The maximum Gasteiger partial charge on any atom is 0.145 e. The Labute approximate surface area is 711 Å². The molecule has 114 heavy (non-hydrogen) atoms. The van der Waals surface area contributed by atoms with Gasteiger partial charge in [0.2, 0.25) is 0 Å². The number of nitrogens with one attached hydrogen (secondary N) is 14. The fourth-order valence-electron chi connectivity index (χ4n) is 14.6. The highest BCUT2D eigenvalue weighted by atomic mass is 32.2. The summed E-state index contributed by atoms with van der Waals surface area (Å²) in [4.78, 5) is 12.1.